The number of ether oxygens (including phenoxy) is 1. The van der Waals surface area contributed by atoms with Crippen molar-refractivity contribution in [3.8, 4) is 5.75 Å². The third-order valence-electron chi connectivity index (χ3n) is 5.71. The van der Waals surface area contributed by atoms with Gasteiger partial charge in [-0.3, -0.25) is 19.3 Å². The fourth-order valence-electron chi connectivity index (χ4n) is 3.80. The van der Waals surface area contributed by atoms with E-state index in [1.165, 1.54) is 28.6 Å². The Balaban J connectivity index is 1.35. The van der Waals surface area contributed by atoms with Crippen molar-refractivity contribution in [2.24, 2.45) is 0 Å². The van der Waals surface area contributed by atoms with Crippen LogP contribution in [0.15, 0.2) is 58.3 Å². The highest BCUT2D eigenvalue weighted by Gasteiger charge is 2.34. The molecule has 2 aliphatic heterocycles. The van der Waals surface area contributed by atoms with E-state index in [0.29, 0.717) is 23.7 Å². The standard InChI is InChI=1S/C24H25N3O6S2/c1-33-19-9-7-17(8-10-19)15-21-23(29)27(24(30)34-21)14-11-25-22(28)18-5-4-6-20(16-18)35(31,32)26-12-2-3-13-26/h4-10,15-16H,2-3,11-14H2,1H3,(H,25,28)/b21-15-. The molecule has 184 valence electrons. The van der Waals surface area contributed by atoms with Crippen LogP contribution in [0.25, 0.3) is 6.08 Å². The summed E-state index contributed by atoms with van der Waals surface area (Å²) in [6, 6.07) is 13.0. The van der Waals surface area contributed by atoms with Crippen LogP contribution in [-0.2, 0) is 14.8 Å². The van der Waals surface area contributed by atoms with E-state index in [0.717, 1.165) is 35.1 Å². The van der Waals surface area contributed by atoms with Gasteiger partial charge in [-0.05, 0) is 66.6 Å². The van der Waals surface area contributed by atoms with Crippen molar-refractivity contribution in [2.75, 3.05) is 33.3 Å². The Kier molecular flexibility index (Phi) is 7.58. The third-order valence-corrected chi connectivity index (χ3v) is 8.51. The van der Waals surface area contributed by atoms with E-state index in [1.54, 1.807) is 37.5 Å². The number of thioether (sulfide) groups is 1. The molecule has 3 amide bonds. The van der Waals surface area contributed by atoms with Gasteiger partial charge in [-0.2, -0.15) is 4.31 Å². The van der Waals surface area contributed by atoms with Crippen molar-refractivity contribution in [2.45, 2.75) is 17.7 Å². The molecule has 2 aliphatic rings. The molecule has 2 aromatic rings. The predicted molar refractivity (Wildman–Crippen MR) is 132 cm³/mol. The Bertz CT molecular complexity index is 1270. The number of carbonyl (C=O) groups is 3. The predicted octanol–water partition coefficient (Wildman–Crippen LogP) is 2.95. The lowest BCUT2D eigenvalue weighted by atomic mass is 10.2. The van der Waals surface area contributed by atoms with Crippen molar-refractivity contribution in [1.82, 2.24) is 14.5 Å². The van der Waals surface area contributed by atoms with E-state index >= 15 is 0 Å². The molecule has 0 aliphatic carbocycles. The molecule has 0 saturated carbocycles. The van der Waals surface area contributed by atoms with Crippen LogP contribution in [0.3, 0.4) is 0 Å². The van der Waals surface area contributed by atoms with E-state index in [2.05, 4.69) is 5.32 Å². The molecular formula is C24H25N3O6S2. The van der Waals surface area contributed by atoms with Gasteiger partial charge in [-0.25, -0.2) is 8.42 Å². The number of hydrogen-bond acceptors (Lipinski definition) is 7. The summed E-state index contributed by atoms with van der Waals surface area (Å²) in [5.41, 5.74) is 0.951. The lowest BCUT2D eigenvalue weighted by Crippen LogP contribution is -2.37. The Morgan fingerprint density at radius 2 is 1.83 bits per heavy atom. The molecule has 35 heavy (non-hydrogen) atoms. The van der Waals surface area contributed by atoms with E-state index in [4.69, 9.17) is 4.74 Å². The number of nitrogens with one attached hydrogen (secondary N) is 1. The molecule has 11 heteroatoms. The molecule has 0 atom stereocenters. The first-order chi connectivity index (χ1) is 16.8. The Hall–Kier alpha value is -3.15. The Morgan fingerprint density at radius 1 is 1.11 bits per heavy atom. The minimum absolute atomic E-state index is 0.00211. The summed E-state index contributed by atoms with van der Waals surface area (Å²) < 4.78 is 32.1. The van der Waals surface area contributed by atoms with Crippen molar-refractivity contribution in [1.29, 1.82) is 0 Å². The number of amides is 3. The van der Waals surface area contributed by atoms with E-state index in [1.807, 2.05) is 0 Å². The smallest absolute Gasteiger partial charge is 0.293 e. The Labute approximate surface area is 208 Å². The highest BCUT2D eigenvalue weighted by atomic mass is 32.2. The van der Waals surface area contributed by atoms with Crippen LogP contribution in [0, 0.1) is 0 Å². The quantitative estimate of drug-likeness (QED) is 0.538. The van der Waals surface area contributed by atoms with Crippen molar-refractivity contribution >= 4 is 44.9 Å². The van der Waals surface area contributed by atoms with Crippen LogP contribution in [0.5, 0.6) is 5.75 Å². The SMILES string of the molecule is COc1ccc(/C=C2\SC(=O)N(CCNC(=O)c3cccc(S(=O)(=O)N4CCCC4)c3)C2=O)cc1. The minimum atomic E-state index is -3.64. The lowest BCUT2D eigenvalue weighted by Gasteiger charge is -2.16. The average Bonchev–Trinajstić information content (AvgIpc) is 3.50. The second kappa shape index (κ2) is 10.6. The molecular weight excluding hydrogens is 490 g/mol. The van der Waals surface area contributed by atoms with Gasteiger partial charge in [0.05, 0.1) is 16.9 Å². The summed E-state index contributed by atoms with van der Waals surface area (Å²) in [7, 11) is -2.08. The molecule has 0 spiro atoms. The number of carbonyl (C=O) groups excluding carboxylic acids is 3. The summed E-state index contributed by atoms with van der Waals surface area (Å²) >= 11 is 0.842. The van der Waals surface area contributed by atoms with E-state index in [9.17, 15) is 22.8 Å². The molecule has 4 rings (SSSR count). The van der Waals surface area contributed by atoms with Gasteiger partial charge in [0.2, 0.25) is 10.0 Å². The highest BCUT2D eigenvalue weighted by molar-refractivity contribution is 8.18. The minimum Gasteiger partial charge on any atom is -0.497 e. The molecule has 2 aromatic carbocycles. The molecule has 0 bridgehead atoms. The fourth-order valence-corrected chi connectivity index (χ4v) is 6.23. The van der Waals surface area contributed by atoms with Crippen molar-refractivity contribution < 1.29 is 27.5 Å². The summed E-state index contributed by atoms with van der Waals surface area (Å²) in [5, 5.41) is 2.24. The van der Waals surface area contributed by atoms with Crippen LogP contribution in [0.2, 0.25) is 0 Å². The summed E-state index contributed by atoms with van der Waals surface area (Å²) in [5.74, 6) is -0.224. The molecule has 0 aromatic heterocycles. The lowest BCUT2D eigenvalue weighted by molar-refractivity contribution is -0.122. The largest absolute Gasteiger partial charge is 0.497 e. The molecule has 0 unspecified atom stereocenters. The zero-order valence-corrected chi connectivity index (χ0v) is 20.7. The summed E-state index contributed by atoms with van der Waals surface area (Å²) in [6.45, 7) is 0.991. The van der Waals surface area contributed by atoms with E-state index in [-0.39, 0.29) is 23.5 Å². The molecule has 1 N–H and O–H groups in total. The second-order valence-corrected chi connectivity index (χ2v) is 10.9. The number of methoxy groups -OCH3 is 1. The number of rotatable bonds is 8. The first-order valence-corrected chi connectivity index (χ1v) is 13.3. The molecule has 2 saturated heterocycles. The molecule has 9 nitrogen and oxygen atoms in total. The number of nitrogens with zero attached hydrogens (tertiary/aromatic N) is 2. The van der Waals surface area contributed by atoms with Gasteiger partial charge in [0.25, 0.3) is 17.1 Å². The van der Waals surface area contributed by atoms with Gasteiger partial charge in [0.15, 0.2) is 0 Å². The van der Waals surface area contributed by atoms with E-state index < -0.39 is 27.1 Å². The van der Waals surface area contributed by atoms with Gasteiger partial charge >= 0.3 is 0 Å². The fraction of sp³-hybridized carbons (Fsp3) is 0.292. The van der Waals surface area contributed by atoms with Crippen LogP contribution in [-0.4, -0.2) is 68.0 Å². The zero-order valence-electron chi connectivity index (χ0n) is 19.1. The van der Waals surface area contributed by atoms with Crippen molar-refractivity contribution in [3.63, 3.8) is 0 Å². The zero-order chi connectivity index (χ0) is 25.0. The molecule has 2 heterocycles. The van der Waals surface area contributed by atoms with Gasteiger partial charge in [-0.1, -0.05) is 18.2 Å². The topological polar surface area (TPSA) is 113 Å². The molecule has 2 fully saturated rings. The van der Waals surface area contributed by atoms with Gasteiger partial charge in [-0.15, -0.1) is 0 Å². The average molecular weight is 516 g/mol. The highest BCUT2D eigenvalue weighted by Crippen LogP contribution is 2.32. The first-order valence-electron chi connectivity index (χ1n) is 11.1. The maximum atomic E-state index is 12.8. The van der Waals surface area contributed by atoms with Crippen molar-refractivity contribution in [3.05, 3.63) is 64.6 Å². The summed E-state index contributed by atoms with van der Waals surface area (Å²) in [4.78, 5) is 39.1. The number of imide groups is 1. The maximum absolute atomic E-state index is 12.8. The molecule has 0 radical (unpaired) electrons. The van der Waals surface area contributed by atoms with Crippen LogP contribution >= 0.6 is 11.8 Å². The van der Waals surface area contributed by atoms with Crippen LogP contribution in [0.1, 0.15) is 28.8 Å². The number of hydrogen-bond donors (Lipinski definition) is 1. The Morgan fingerprint density at radius 3 is 2.51 bits per heavy atom. The second-order valence-electron chi connectivity index (χ2n) is 8.00. The number of sulfonamides is 1. The monoisotopic (exact) mass is 515 g/mol. The van der Waals surface area contributed by atoms with Gasteiger partial charge in [0.1, 0.15) is 5.75 Å². The summed E-state index contributed by atoms with van der Waals surface area (Å²) in [6.07, 6.45) is 3.28. The van der Waals surface area contributed by atoms with Crippen LogP contribution < -0.4 is 10.1 Å². The number of benzene rings is 2. The third kappa shape index (κ3) is 5.58. The first kappa shape index (κ1) is 25.0. The normalized spacial score (nSPS) is 17.9. The van der Waals surface area contributed by atoms with Gasteiger partial charge in [0, 0.05) is 31.7 Å². The van der Waals surface area contributed by atoms with Crippen LogP contribution in [0.4, 0.5) is 4.79 Å². The maximum Gasteiger partial charge on any atom is 0.293 e. The van der Waals surface area contributed by atoms with Gasteiger partial charge < -0.3 is 10.1 Å².